The fraction of sp³-hybridized carbons (Fsp3) is 0.333. The zero-order valence-electron chi connectivity index (χ0n) is 12.3. The van der Waals surface area contributed by atoms with E-state index in [1.54, 1.807) is 24.3 Å². The summed E-state index contributed by atoms with van der Waals surface area (Å²) in [6.45, 7) is 5.51. The minimum Gasteiger partial charge on any atom is -0.451 e. The molecule has 0 aliphatic rings. The Hall–Kier alpha value is -2.50. The van der Waals surface area contributed by atoms with E-state index in [4.69, 9.17) is 10.2 Å². The van der Waals surface area contributed by atoms with Crippen LogP contribution in [0.1, 0.15) is 31.3 Å². The van der Waals surface area contributed by atoms with Gasteiger partial charge in [-0.25, -0.2) is 0 Å². The molecule has 0 unspecified atom stereocenters. The number of fused-ring (bicyclic) bond motifs is 1. The van der Waals surface area contributed by atoms with Crippen LogP contribution in [0, 0.1) is 0 Å². The molecule has 6 heteroatoms. The maximum Gasteiger partial charge on any atom is 0.287 e. The summed E-state index contributed by atoms with van der Waals surface area (Å²) in [5, 5.41) is 6.03. The predicted molar refractivity (Wildman–Crippen MR) is 80.9 cm³/mol. The molecule has 1 aromatic carbocycles. The number of anilines is 1. The smallest absolute Gasteiger partial charge is 0.287 e. The van der Waals surface area contributed by atoms with Crippen LogP contribution in [0.4, 0.5) is 5.69 Å². The fourth-order valence-corrected chi connectivity index (χ4v) is 1.88. The van der Waals surface area contributed by atoms with Gasteiger partial charge in [0.15, 0.2) is 5.76 Å². The van der Waals surface area contributed by atoms with Crippen LogP contribution in [-0.4, -0.2) is 23.9 Å². The summed E-state index contributed by atoms with van der Waals surface area (Å²) >= 11 is 0. The first kappa shape index (κ1) is 14.9. The van der Waals surface area contributed by atoms with Crippen LogP contribution in [0.3, 0.4) is 0 Å². The van der Waals surface area contributed by atoms with Gasteiger partial charge in [-0.15, -0.1) is 0 Å². The second kappa shape index (κ2) is 5.47. The maximum atomic E-state index is 12.0. The summed E-state index contributed by atoms with van der Waals surface area (Å²) in [6.07, 6.45) is 0. The Labute approximate surface area is 122 Å². The number of nitrogens with one attached hydrogen (secondary N) is 2. The highest BCUT2D eigenvalue weighted by Crippen LogP contribution is 2.21. The molecule has 112 valence electrons. The molecule has 1 heterocycles. The third-order valence-corrected chi connectivity index (χ3v) is 2.69. The lowest BCUT2D eigenvalue weighted by Crippen LogP contribution is -2.45. The maximum absolute atomic E-state index is 12.0. The molecule has 2 amide bonds. The Morgan fingerprint density at radius 3 is 2.62 bits per heavy atom. The lowest BCUT2D eigenvalue weighted by atomic mass is 10.1. The molecule has 0 spiro atoms. The third kappa shape index (κ3) is 3.98. The monoisotopic (exact) mass is 289 g/mol. The van der Waals surface area contributed by atoms with Crippen molar-refractivity contribution in [1.29, 1.82) is 0 Å². The van der Waals surface area contributed by atoms with Crippen LogP contribution in [-0.2, 0) is 4.79 Å². The molecule has 21 heavy (non-hydrogen) atoms. The number of rotatable bonds is 3. The zero-order chi connectivity index (χ0) is 15.6. The van der Waals surface area contributed by atoms with E-state index in [2.05, 4.69) is 10.6 Å². The van der Waals surface area contributed by atoms with Crippen LogP contribution < -0.4 is 16.4 Å². The second-order valence-corrected chi connectivity index (χ2v) is 5.89. The molecule has 1 aromatic heterocycles. The Balaban J connectivity index is 2.01. The van der Waals surface area contributed by atoms with Gasteiger partial charge < -0.3 is 20.8 Å². The number of amides is 2. The van der Waals surface area contributed by atoms with E-state index < -0.39 is 5.91 Å². The van der Waals surface area contributed by atoms with Crippen molar-refractivity contribution in [1.82, 2.24) is 10.6 Å². The van der Waals surface area contributed by atoms with E-state index in [1.165, 1.54) is 0 Å². The second-order valence-electron chi connectivity index (χ2n) is 5.89. The summed E-state index contributed by atoms with van der Waals surface area (Å²) in [5.74, 6) is -0.538. The molecule has 6 nitrogen and oxygen atoms in total. The van der Waals surface area contributed by atoms with Crippen molar-refractivity contribution in [3.8, 4) is 0 Å². The van der Waals surface area contributed by atoms with Gasteiger partial charge in [-0.3, -0.25) is 9.59 Å². The van der Waals surface area contributed by atoms with Gasteiger partial charge in [0.2, 0.25) is 5.91 Å². The molecule has 0 bridgehead atoms. The van der Waals surface area contributed by atoms with Gasteiger partial charge in [0.1, 0.15) is 5.58 Å². The van der Waals surface area contributed by atoms with Crippen molar-refractivity contribution in [3.63, 3.8) is 0 Å². The van der Waals surface area contributed by atoms with Gasteiger partial charge in [0, 0.05) is 16.6 Å². The highest BCUT2D eigenvalue weighted by Gasteiger charge is 2.16. The summed E-state index contributed by atoms with van der Waals surface area (Å²) in [4.78, 5) is 23.6. The molecule has 0 fully saturated rings. The number of benzene rings is 1. The van der Waals surface area contributed by atoms with E-state index in [9.17, 15) is 9.59 Å². The molecule has 0 radical (unpaired) electrons. The number of nitrogen functional groups attached to an aromatic ring is 1. The minimum absolute atomic E-state index is 0.102. The number of carbonyl (C=O) groups excluding carboxylic acids is 2. The lowest BCUT2D eigenvalue weighted by molar-refractivity contribution is -0.121. The number of nitrogens with two attached hydrogens (primary N) is 1. The third-order valence-electron chi connectivity index (χ3n) is 2.69. The molecule has 0 saturated carbocycles. The Kier molecular flexibility index (Phi) is 3.88. The molecule has 0 aliphatic carbocycles. The molecule has 2 rings (SSSR count). The largest absolute Gasteiger partial charge is 0.451 e. The van der Waals surface area contributed by atoms with Crippen molar-refractivity contribution in [2.45, 2.75) is 26.3 Å². The number of carbonyl (C=O) groups is 2. The van der Waals surface area contributed by atoms with Crippen molar-refractivity contribution in [3.05, 3.63) is 30.0 Å². The van der Waals surface area contributed by atoms with Gasteiger partial charge in [0.25, 0.3) is 5.91 Å². The number of hydrogen-bond acceptors (Lipinski definition) is 4. The van der Waals surface area contributed by atoms with Crippen LogP contribution in [0.15, 0.2) is 28.7 Å². The molecule has 2 aromatic rings. The summed E-state index contributed by atoms with van der Waals surface area (Å²) in [5.41, 5.74) is 6.51. The topological polar surface area (TPSA) is 97.4 Å². The Morgan fingerprint density at radius 2 is 1.95 bits per heavy atom. The van der Waals surface area contributed by atoms with Crippen LogP contribution in [0.5, 0.6) is 0 Å². The first-order valence-corrected chi connectivity index (χ1v) is 6.63. The SMILES string of the molecule is CC(C)(C)NC(=O)CNC(=O)c1cc2cc(N)ccc2o1. The van der Waals surface area contributed by atoms with Gasteiger partial charge in [0.05, 0.1) is 6.54 Å². The summed E-state index contributed by atoms with van der Waals surface area (Å²) in [6, 6.07) is 6.72. The molecule has 0 aliphatic heterocycles. The van der Waals surface area contributed by atoms with E-state index in [0.717, 1.165) is 5.39 Å². The lowest BCUT2D eigenvalue weighted by Gasteiger charge is -2.20. The van der Waals surface area contributed by atoms with Crippen LogP contribution in [0.25, 0.3) is 11.0 Å². The van der Waals surface area contributed by atoms with E-state index in [1.807, 2.05) is 20.8 Å². The first-order chi connectivity index (χ1) is 9.74. The molecule has 0 saturated heterocycles. The van der Waals surface area contributed by atoms with Gasteiger partial charge in [-0.1, -0.05) is 0 Å². The number of hydrogen-bond donors (Lipinski definition) is 3. The fourth-order valence-electron chi connectivity index (χ4n) is 1.88. The molecular weight excluding hydrogens is 270 g/mol. The summed E-state index contributed by atoms with van der Waals surface area (Å²) < 4.78 is 5.42. The highest BCUT2D eigenvalue weighted by atomic mass is 16.3. The Bertz CT molecular complexity index is 683. The average Bonchev–Trinajstić information content (AvgIpc) is 2.76. The van der Waals surface area contributed by atoms with E-state index in [-0.39, 0.29) is 23.8 Å². The minimum atomic E-state index is -0.436. The molecular formula is C15H19N3O3. The van der Waals surface area contributed by atoms with Gasteiger partial charge in [-0.05, 0) is 45.0 Å². The quantitative estimate of drug-likeness (QED) is 0.748. The summed E-state index contributed by atoms with van der Waals surface area (Å²) in [7, 11) is 0. The highest BCUT2D eigenvalue weighted by molar-refractivity contribution is 5.98. The number of furan rings is 1. The first-order valence-electron chi connectivity index (χ1n) is 6.63. The van der Waals surface area contributed by atoms with Crippen LogP contribution in [0.2, 0.25) is 0 Å². The predicted octanol–water partition coefficient (Wildman–Crippen LogP) is 1.66. The standard InChI is InChI=1S/C15H19N3O3/c1-15(2,3)18-13(19)8-17-14(20)12-7-9-6-10(16)4-5-11(9)21-12/h4-7H,8,16H2,1-3H3,(H,17,20)(H,18,19). The van der Waals surface area contributed by atoms with Crippen molar-refractivity contribution in [2.75, 3.05) is 12.3 Å². The van der Waals surface area contributed by atoms with Crippen LogP contribution >= 0.6 is 0 Å². The van der Waals surface area contributed by atoms with Crippen molar-refractivity contribution in [2.24, 2.45) is 0 Å². The molecule has 0 atom stereocenters. The van der Waals surface area contributed by atoms with E-state index >= 15 is 0 Å². The average molecular weight is 289 g/mol. The van der Waals surface area contributed by atoms with Crippen molar-refractivity contribution >= 4 is 28.5 Å². The zero-order valence-corrected chi connectivity index (χ0v) is 12.3. The van der Waals surface area contributed by atoms with Gasteiger partial charge in [-0.2, -0.15) is 0 Å². The molecule has 4 N–H and O–H groups in total. The van der Waals surface area contributed by atoms with E-state index in [0.29, 0.717) is 11.3 Å². The Morgan fingerprint density at radius 1 is 1.24 bits per heavy atom. The van der Waals surface area contributed by atoms with Gasteiger partial charge >= 0.3 is 0 Å². The normalized spacial score (nSPS) is 11.4. The van der Waals surface area contributed by atoms with Crippen molar-refractivity contribution < 1.29 is 14.0 Å².